The normalized spacial score (nSPS) is 10.4. The van der Waals surface area contributed by atoms with Gasteiger partial charge in [0.15, 0.2) is 6.61 Å². The van der Waals surface area contributed by atoms with Crippen molar-refractivity contribution in [2.45, 2.75) is 13.5 Å². The number of carbonyl (C=O) groups is 2. The molecule has 2 aromatic rings. The smallest absolute Gasteiger partial charge is 0.387 e. The molecule has 0 unspecified atom stereocenters. The first kappa shape index (κ1) is 18.7. The Morgan fingerprint density at radius 3 is 2.64 bits per heavy atom. The van der Waals surface area contributed by atoms with E-state index < -0.39 is 25.1 Å². The van der Waals surface area contributed by atoms with Crippen LogP contribution in [0.4, 0.5) is 14.5 Å². The lowest BCUT2D eigenvalue weighted by molar-refractivity contribution is -0.119. The number of amides is 1. The molecule has 0 saturated carbocycles. The molecule has 0 atom stereocenters. The number of nitrogens with one attached hydrogen (secondary N) is 1. The number of anilines is 1. The predicted molar refractivity (Wildman–Crippen MR) is 88.2 cm³/mol. The molecule has 132 valence electrons. The molecule has 2 rings (SSSR count). The maximum atomic E-state index is 12.3. The highest BCUT2D eigenvalue weighted by Gasteiger charge is 2.17. The van der Waals surface area contributed by atoms with Crippen LogP contribution in [0.3, 0.4) is 0 Å². The number of alkyl halides is 2. The number of ether oxygens (including phenoxy) is 2. The molecule has 0 aromatic heterocycles. The summed E-state index contributed by atoms with van der Waals surface area (Å²) < 4.78 is 33.8. The second-order valence-corrected chi connectivity index (χ2v) is 5.39. The van der Waals surface area contributed by atoms with Crippen LogP contribution in [0.2, 0.25) is 5.02 Å². The van der Waals surface area contributed by atoms with E-state index in [-0.39, 0.29) is 11.3 Å². The highest BCUT2D eigenvalue weighted by atomic mass is 35.5. The molecule has 0 aliphatic rings. The maximum absolute atomic E-state index is 12.3. The number of hydrogen-bond acceptors (Lipinski definition) is 4. The number of aryl methyl sites for hydroxylation is 1. The van der Waals surface area contributed by atoms with Crippen LogP contribution in [-0.2, 0) is 9.53 Å². The van der Waals surface area contributed by atoms with Crippen molar-refractivity contribution in [3.05, 3.63) is 58.6 Å². The first-order valence-corrected chi connectivity index (χ1v) is 7.51. The van der Waals surface area contributed by atoms with E-state index in [1.54, 1.807) is 25.1 Å². The molecule has 0 aliphatic carbocycles. The summed E-state index contributed by atoms with van der Waals surface area (Å²) >= 11 is 5.85. The van der Waals surface area contributed by atoms with Gasteiger partial charge in [-0.05, 0) is 36.8 Å². The highest BCUT2D eigenvalue weighted by molar-refractivity contribution is 6.31. The van der Waals surface area contributed by atoms with E-state index in [2.05, 4.69) is 10.1 Å². The maximum Gasteiger partial charge on any atom is 0.387 e. The number of rotatable bonds is 6. The number of hydrogen-bond donors (Lipinski definition) is 1. The third-order valence-corrected chi connectivity index (χ3v) is 3.37. The SMILES string of the molecule is Cc1ccc(Cl)cc1NC(=O)COC(=O)c1ccccc1OC(F)F. The molecule has 25 heavy (non-hydrogen) atoms. The Kier molecular flexibility index (Phi) is 6.30. The first-order chi connectivity index (χ1) is 11.9. The molecule has 1 N–H and O–H groups in total. The molecule has 0 heterocycles. The standard InChI is InChI=1S/C17H14ClF2NO4/c1-10-6-7-11(18)8-13(10)21-15(22)9-24-16(23)12-4-2-3-5-14(12)25-17(19)20/h2-8,17H,9H2,1H3,(H,21,22). The second kappa shape index (κ2) is 8.43. The Hall–Kier alpha value is -2.67. The summed E-state index contributed by atoms with van der Waals surface area (Å²) in [4.78, 5) is 23.9. The zero-order valence-electron chi connectivity index (χ0n) is 13.1. The molecular weight excluding hydrogens is 356 g/mol. The van der Waals surface area contributed by atoms with E-state index in [1.807, 2.05) is 0 Å². The van der Waals surface area contributed by atoms with Gasteiger partial charge in [0.1, 0.15) is 11.3 Å². The zero-order valence-corrected chi connectivity index (χ0v) is 13.8. The Labute approximate surface area is 147 Å². The van der Waals surface area contributed by atoms with E-state index in [0.717, 1.165) is 5.56 Å². The third-order valence-electron chi connectivity index (χ3n) is 3.13. The summed E-state index contributed by atoms with van der Waals surface area (Å²) in [6.07, 6.45) is 0. The van der Waals surface area contributed by atoms with Crippen molar-refractivity contribution in [2.75, 3.05) is 11.9 Å². The van der Waals surface area contributed by atoms with Crippen LogP contribution in [-0.4, -0.2) is 25.1 Å². The van der Waals surface area contributed by atoms with Gasteiger partial charge in [0, 0.05) is 10.7 Å². The molecule has 0 fully saturated rings. The largest absolute Gasteiger partial charge is 0.452 e. The van der Waals surface area contributed by atoms with Gasteiger partial charge in [-0.15, -0.1) is 0 Å². The summed E-state index contributed by atoms with van der Waals surface area (Å²) in [5.74, 6) is -1.87. The Bertz CT molecular complexity index is 783. The van der Waals surface area contributed by atoms with Crippen LogP contribution in [0.1, 0.15) is 15.9 Å². The van der Waals surface area contributed by atoms with Crippen LogP contribution in [0.25, 0.3) is 0 Å². The molecule has 8 heteroatoms. The highest BCUT2D eigenvalue weighted by Crippen LogP contribution is 2.22. The van der Waals surface area contributed by atoms with Gasteiger partial charge in [0.25, 0.3) is 5.91 Å². The molecule has 0 bridgehead atoms. The van der Waals surface area contributed by atoms with E-state index in [9.17, 15) is 18.4 Å². The molecule has 1 amide bonds. The lowest BCUT2D eigenvalue weighted by atomic mass is 10.2. The van der Waals surface area contributed by atoms with Gasteiger partial charge in [-0.25, -0.2) is 4.79 Å². The van der Waals surface area contributed by atoms with Crippen molar-refractivity contribution >= 4 is 29.2 Å². The number of carbonyl (C=O) groups excluding carboxylic acids is 2. The van der Waals surface area contributed by atoms with Crippen LogP contribution in [0.15, 0.2) is 42.5 Å². The molecule has 0 aliphatic heterocycles. The van der Waals surface area contributed by atoms with Crippen LogP contribution in [0, 0.1) is 6.92 Å². The van der Waals surface area contributed by atoms with Gasteiger partial charge in [-0.2, -0.15) is 8.78 Å². The van der Waals surface area contributed by atoms with Crippen molar-refractivity contribution in [3.8, 4) is 5.75 Å². The van der Waals surface area contributed by atoms with Crippen molar-refractivity contribution in [2.24, 2.45) is 0 Å². The summed E-state index contributed by atoms with van der Waals surface area (Å²) in [5.41, 5.74) is 1.06. The van der Waals surface area contributed by atoms with Crippen LogP contribution < -0.4 is 10.1 Å². The number of benzene rings is 2. The van der Waals surface area contributed by atoms with Gasteiger partial charge in [0.05, 0.1) is 0 Å². The van der Waals surface area contributed by atoms with Gasteiger partial charge in [-0.3, -0.25) is 4.79 Å². The average molecular weight is 370 g/mol. The fourth-order valence-electron chi connectivity index (χ4n) is 1.96. The van der Waals surface area contributed by atoms with E-state index in [0.29, 0.717) is 10.7 Å². The van der Waals surface area contributed by atoms with Crippen LogP contribution in [0.5, 0.6) is 5.75 Å². The number of para-hydroxylation sites is 1. The number of halogens is 3. The minimum Gasteiger partial charge on any atom is -0.452 e. The minimum atomic E-state index is -3.08. The Morgan fingerprint density at radius 2 is 1.92 bits per heavy atom. The van der Waals surface area contributed by atoms with Crippen molar-refractivity contribution < 1.29 is 27.8 Å². The molecule has 0 radical (unpaired) electrons. The predicted octanol–water partition coefficient (Wildman–Crippen LogP) is 4.05. The Balaban J connectivity index is 1.98. The average Bonchev–Trinajstić information content (AvgIpc) is 2.56. The van der Waals surface area contributed by atoms with Crippen LogP contribution >= 0.6 is 11.6 Å². The van der Waals surface area contributed by atoms with Crippen molar-refractivity contribution in [3.63, 3.8) is 0 Å². The van der Waals surface area contributed by atoms with E-state index >= 15 is 0 Å². The fourth-order valence-corrected chi connectivity index (χ4v) is 2.13. The number of esters is 1. The summed E-state index contributed by atoms with van der Waals surface area (Å²) in [6.45, 7) is -1.90. The third kappa shape index (κ3) is 5.42. The molecule has 0 saturated heterocycles. The van der Waals surface area contributed by atoms with Gasteiger partial charge in [0.2, 0.25) is 0 Å². The first-order valence-electron chi connectivity index (χ1n) is 7.14. The minimum absolute atomic E-state index is 0.200. The zero-order chi connectivity index (χ0) is 18.4. The summed E-state index contributed by atoms with van der Waals surface area (Å²) in [6, 6.07) is 10.3. The van der Waals surface area contributed by atoms with Gasteiger partial charge in [-0.1, -0.05) is 29.8 Å². The van der Waals surface area contributed by atoms with Crippen molar-refractivity contribution in [1.29, 1.82) is 0 Å². The van der Waals surface area contributed by atoms with Gasteiger partial charge >= 0.3 is 12.6 Å². The van der Waals surface area contributed by atoms with Crippen molar-refractivity contribution in [1.82, 2.24) is 0 Å². The topological polar surface area (TPSA) is 64.6 Å². The molecular formula is C17H14ClF2NO4. The second-order valence-electron chi connectivity index (χ2n) is 4.96. The van der Waals surface area contributed by atoms with E-state index in [1.165, 1.54) is 24.3 Å². The summed E-state index contributed by atoms with van der Waals surface area (Å²) in [5, 5.41) is 2.99. The Morgan fingerprint density at radius 1 is 1.20 bits per heavy atom. The summed E-state index contributed by atoms with van der Waals surface area (Å²) in [7, 11) is 0. The molecule has 2 aromatic carbocycles. The monoisotopic (exact) mass is 369 g/mol. The molecule has 5 nitrogen and oxygen atoms in total. The molecule has 0 spiro atoms. The quantitative estimate of drug-likeness (QED) is 0.780. The lowest BCUT2D eigenvalue weighted by Gasteiger charge is -2.11. The van der Waals surface area contributed by atoms with Gasteiger partial charge < -0.3 is 14.8 Å². The van der Waals surface area contributed by atoms with E-state index in [4.69, 9.17) is 16.3 Å². The lowest BCUT2D eigenvalue weighted by Crippen LogP contribution is -2.21. The fraction of sp³-hybridized carbons (Fsp3) is 0.176.